The monoisotopic (exact) mass is 253 g/mol. The number of ketones is 1. The lowest BCUT2D eigenvalue weighted by Gasteiger charge is -2.22. The number of hydrogen-bond donors (Lipinski definition) is 1. The molecule has 0 aliphatic carbocycles. The molecule has 1 aliphatic heterocycles. The molecule has 1 N–H and O–H groups in total. The van der Waals surface area contributed by atoms with Crippen LogP contribution in [0.5, 0.6) is 0 Å². The molecule has 0 bridgehead atoms. The van der Waals surface area contributed by atoms with Gasteiger partial charge >= 0.3 is 0 Å². The number of nitrogens with one attached hydrogen (secondary N) is 1. The molecule has 1 saturated heterocycles. The Kier molecular flexibility index (Phi) is 4.71. The molecular weight excluding hydrogens is 234 g/mol. The lowest BCUT2D eigenvalue weighted by Crippen LogP contribution is -2.32. The van der Waals surface area contributed by atoms with Crippen LogP contribution in [0.4, 0.5) is 0 Å². The minimum absolute atomic E-state index is 0.206. The van der Waals surface area contributed by atoms with Crippen molar-refractivity contribution in [3.8, 4) is 0 Å². The van der Waals surface area contributed by atoms with Crippen molar-refractivity contribution in [2.45, 2.75) is 32.3 Å². The average molecular weight is 253 g/mol. The van der Waals surface area contributed by atoms with E-state index in [2.05, 4.69) is 5.32 Å². The quantitative estimate of drug-likeness (QED) is 0.819. The van der Waals surface area contributed by atoms with E-state index < -0.39 is 0 Å². The summed E-state index contributed by atoms with van der Waals surface area (Å²) in [5.74, 6) is 0.206. The summed E-state index contributed by atoms with van der Waals surface area (Å²) in [6.45, 7) is 4.61. The van der Waals surface area contributed by atoms with Crippen molar-refractivity contribution < 1.29 is 9.53 Å². The minimum Gasteiger partial charge on any atom is -0.378 e. The maximum Gasteiger partial charge on any atom is 0.166 e. The summed E-state index contributed by atoms with van der Waals surface area (Å²) in [6, 6.07) is 1.91. The maximum absolute atomic E-state index is 11.9. The Balaban J connectivity index is 1.71. The third-order valence-corrected chi connectivity index (χ3v) is 3.97. The third kappa shape index (κ3) is 3.63. The van der Waals surface area contributed by atoms with Crippen molar-refractivity contribution >= 4 is 17.1 Å². The number of aryl methyl sites for hydroxylation is 1. The highest BCUT2D eigenvalue weighted by molar-refractivity contribution is 7.10. The number of Topliss-reactive ketones (excluding diaryl/α,β-unsaturated/α-hetero) is 1. The van der Waals surface area contributed by atoms with Gasteiger partial charge in [0.05, 0.1) is 12.7 Å². The number of hydrogen-bond acceptors (Lipinski definition) is 4. The van der Waals surface area contributed by atoms with Crippen LogP contribution in [0.25, 0.3) is 0 Å². The second kappa shape index (κ2) is 6.28. The Morgan fingerprint density at radius 3 is 2.94 bits per heavy atom. The molecule has 0 aromatic carbocycles. The fraction of sp³-hybridized carbons (Fsp3) is 0.615. The van der Waals surface area contributed by atoms with Crippen LogP contribution in [-0.4, -0.2) is 31.6 Å². The molecule has 0 unspecified atom stereocenters. The first-order valence-electron chi connectivity index (χ1n) is 6.17. The largest absolute Gasteiger partial charge is 0.378 e. The van der Waals surface area contributed by atoms with Crippen LogP contribution in [0.3, 0.4) is 0 Å². The predicted octanol–water partition coefficient (Wildman–Crippen LogP) is 2.40. The van der Waals surface area contributed by atoms with Gasteiger partial charge in [-0.1, -0.05) is 0 Å². The van der Waals surface area contributed by atoms with Crippen LogP contribution in [0.2, 0.25) is 0 Å². The van der Waals surface area contributed by atoms with Gasteiger partial charge in [0, 0.05) is 16.9 Å². The number of ether oxygens (including phenoxy) is 1. The number of piperidine rings is 1. The fourth-order valence-electron chi connectivity index (χ4n) is 2.09. The van der Waals surface area contributed by atoms with Crippen LogP contribution >= 0.6 is 11.3 Å². The van der Waals surface area contributed by atoms with Crippen LogP contribution in [0, 0.1) is 6.92 Å². The van der Waals surface area contributed by atoms with E-state index in [0.717, 1.165) is 36.4 Å². The minimum atomic E-state index is 0.206. The highest BCUT2D eigenvalue weighted by Crippen LogP contribution is 2.17. The molecule has 2 heterocycles. The second-order valence-electron chi connectivity index (χ2n) is 4.38. The van der Waals surface area contributed by atoms with Gasteiger partial charge in [-0.05, 0) is 44.3 Å². The van der Waals surface area contributed by atoms with Crippen molar-refractivity contribution in [1.82, 2.24) is 5.32 Å². The SMILES string of the molecule is Cc1sccc1C(=O)CCOC1CCNCC1. The van der Waals surface area contributed by atoms with E-state index in [1.807, 2.05) is 18.4 Å². The first-order valence-corrected chi connectivity index (χ1v) is 7.05. The van der Waals surface area contributed by atoms with E-state index in [9.17, 15) is 4.79 Å². The maximum atomic E-state index is 11.9. The molecule has 3 nitrogen and oxygen atoms in total. The summed E-state index contributed by atoms with van der Waals surface area (Å²) < 4.78 is 5.73. The van der Waals surface area contributed by atoms with Crippen LogP contribution in [0.15, 0.2) is 11.4 Å². The molecule has 0 saturated carbocycles. The molecule has 0 amide bonds. The van der Waals surface area contributed by atoms with Gasteiger partial charge in [0.15, 0.2) is 5.78 Å². The van der Waals surface area contributed by atoms with Crippen molar-refractivity contribution in [3.05, 3.63) is 21.9 Å². The Labute approximate surface area is 106 Å². The van der Waals surface area contributed by atoms with Gasteiger partial charge in [0.25, 0.3) is 0 Å². The van der Waals surface area contributed by atoms with E-state index in [4.69, 9.17) is 4.74 Å². The molecule has 0 radical (unpaired) electrons. The first kappa shape index (κ1) is 12.7. The Morgan fingerprint density at radius 1 is 1.53 bits per heavy atom. The number of carbonyl (C=O) groups excluding carboxylic acids is 1. The van der Waals surface area contributed by atoms with Gasteiger partial charge in [0.1, 0.15) is 0 Å². The van der Waals surface area contributed by atoms with Crippen molar-refractivity contribution in [1.29, 1.82) is 0 Å². The molecule has 1 aromatic heterocycles. The summed E-state index contributed by atoms with van der Waals surface area (Å²) >= 11 is 1.62. The van der Waals surface area contributed by atoms with Crippen LogP contribution < -0.4 is 5.32 Å². The summed E-state index contributed by atoms with van der Waals surface area (Å²) in [6.07, 6.45) is 2.96. The van der Waals surface area contributed by atoms with Crippen LogP contribution in [-0.2, 0) is 4.74 Å². The number of carbonyl (C=O) groups is 1. The Bertz CT molecular complexity index is 369. The third-order valence-electron chi connectivity index (χ3n) is 3.13. The molecule has 1 aliphatic rings. The standard InChI is InChI=1S/C13H19NO2S/c1-10-12(5-9-17-10)13(15)4-8-16-11-2-6-14-7-3-11/h5,9,11,14H,2-4,6-8H2,1H3. The zero-order valence-corrected chi connectivity index (χ0v) is 11.0. The van der Waals surface area contributed by atoms with Gasteiger partial charge in [-0.3, -0.25) is 4.79 Å². The Hall–Kier alpha value is -0.710. The van der Waals surface area contributed by atoms with Crippen molar-refractivity contribution in [2.75, 3.05) is 19.7 Å². The summed E-state index contributed by atoms with van der Waals surface area (Å²) in [7, 11) is 0. The van der Waals surface area contributed by atoms with E-state index in [1.54, 1.807) is 11.3 Å². The average Bonchev–Trinajstić information content (AvgIpc) is 2.77. The summed E-state index contributed by atoms with van der Waals surface area (Å²) in [5.41, 5.74) is 0.865. The molecule has 17 heavy (non-hydrogen) atoms. The second-order valence-corrected chi connectivity index (χ2v) is 5.50. The summed E-state index contributed by atoms with van der Waals surface area (Å²) in [4.78, 5) is 13.0. The fourth-order valence-corrected chi connectivity index (χ4v) is 2.81. The van der Waals surface area contributed by atoms with Crippen molar-refractivity contribution in [2.24, 2.45) is 0 Å². The zero-order chi connectivity index (χ0) is 12.1. The van der Waals surface area contributed by atoms with E-state index in [0.29, 0.717) is 19.1 Å². The highest BCUT2D eigenvalue weighted by Gasteiger charge is 2.15. The number of rotatable bonds is 5. The Morgan fingerprint density at radius 2 is 2.29 bits per heavy atom. The molecule has 0 atom stereocenters. The molecular formula is C13H19NO2S. The molecule has 4 heteroatoms. The molecule has 2 rings (SSSR count). The van der Waals surface area contributed by atoms with E-state index in [1.165, 1.54) is 0 Å². The first-order chi connectivity index (χ1) is 8.27. The van der Waals surface area contributed by atoms with Gasteiger partial charge in [-0.2, -0.15) is 0 Å². The zero-order valence-electron chi connectivity index (χ0n) is 10.2. The predicted molar refractivity (Wildman–Crippen MR) is 69.8 cm³/mol. The van der Waals surface area contributed by atoms with Crippen LogP contribution in [0.1, 0.15) is 34.5 Å². The van der Waals surface area contributed by atoms with Gasteiger partial charge in [-0.15, -0.1) is 11.3 Å². The molecule has 0 spiro atoms. The number of thiophene rings is 1. The topological polar surface area (TPSA) is 38.3 Å². The van der Waals surface area contributed by atoms with E-state index >= 15 is 0 Å². The lowest BCUT2D eigenvalue weighted by molar-refractivity contribution is 0.0313. The molecule has 1 fully saturated rings. The normalized spacial score (nSPS) is 17.2. The molecule has 1 aromatic rings. The van der Waals surface area contributed by atoms with Gasteiger partial charge in [-0.25, -0.2) is 0 Å². The summed E-state index contributed by atoms with van der Waals surface area (Å²) in [5, 5.41) is 5.27. The van der Waals surface area contributed by atoms with Gasteiger partial charge < -0.3 is 10.1 Å². The smallest absolute Gasteiger partial charge is 0.166 e. The van der Waals surface area contributed by atoms with Gasteiger partial charge in [0.2, 0.25) is 0 Å². The van der Waals surface area contributed by atoms with Crippen molar-refractivity contribution in [3.63, 3.8) is 0 Å². The lowest BCUT2D eigenvalue weighted by atomic mass is 10.1. The highest BCUT2D eigenvalue weighted by atomic mass is 32.1. The van der Waals surface area contributed by atoms with E-state index in [-0.39, 0.29) is 5.78 Å². The molecule has 94 valence electrons.